The topological polar surface area (TPSA) is 65.9 Å². The van der Waals surface area contributed by atoms with Crippen LogP contribution in [-0.2, 0) is 7.05 Å². The highest BCUT2D eigenvalue weighted by molar-refractivity contribution is 5.94. The molecule has 7 heteroatoms. The van der Waals surface area contributed by atoms with Crippen LogP contribution in [0.1, 0.15) is 24.2 Å². The van der Waals surface area contributed by atoms with Gasteiger partial charge in [0.15, 0.2) is 0 Å². The van der Waals surface area contributed by atoms with Crippen LogP contribution in [0.3, 0.4) is 0 Å². The van der Waals surface area contributed by atoms with Crippen LogP contribution in [0.2, 0.25) is 0 Å². The van der Waals surface area contributed by atoms with Gasteiger partial charge in [-0.2, -0.15) is 0 Å². The first kappa shape index (κ1) is 17.1. The lowest BCUT2D eigenvalue weighted by atomic mass is 9.97. The summed E-state index contributed by atoms with van der Waals surface area (Å²) in [5.74, 6) is -0.284. The third-order valence-corrected chi connectivity index (χ3v) is 4.15. The van der Waals surface area contributed by atoms with Gasteiger partial charge in [0.1, 0.15) is 5.56 Å². The first-order chi connectivity index (χ1) is 10.6. The van der Waals surface area contributed by atoms with Gasteiger partial charge in [-0.05, 0) is 26.0 Å². The van der Waals surface area contributed by atoms with Crippen LogP contribution in [0, 0.1) is 0 Å². The Kier molecular flexibility index (Phi) is 4.49. The molecule has 1 aliphatic heterocycles. The van der Waals surface area contributed by atoms with Crippen molar-refractivity contribution in [1.82, 2.24) is 19.3 Å². The summed E-state index contributed by atoms with van der Waals surface area (Å²) in [5, 5.41) is 0. The smallest absolute Gasteiger partial charge is 0.319 e. The van der Waals surface area contributed by atoms with Crippen LogP contribution < -0.4 is 5.56 Å². The molecule has 0 N–H and O–H groups in total. The molecule has 0 saturated carbocycles. The molecular formula is C16H24N4O3. The average Bonchev–Trinajstić information content (AvgIpc) is 2.47. The normalized spacial score (nSPS) is 17.1. The molecule has 0 aliphatic carbocycles. The average molecular weight is 320 g/mol. The Morgan fingerprint density at radius 3 is 2.43 bits per heavy atom. The van der Waals surface area contributed by atoms with Crippen molar-refractivity contribution in [1.29, 1.82) is 0 Å². The van der Waals surface area contributed by atoms with Gasteiger partial charge in [-0.25, -0.2) is 4.79 Å². The Hall–Kier alpha value is -2.31. The molecule has 0 unspecified atom stereocenters. The molecule has 0 atom stereocenters. The molecule has 1 saturated heterocycles. The van der Waals surface area contributed by atoms with Crippen molar-refractivity contribution in [2.45, 2.75) is 19.4 Å². The van der Waals surface area contributed by atoms with Crippen molar-refractivity contribution in [2.24, 2.45) is 7.05 Å². The van der Waals surface area contributed by atoms with Gasteiger partial charge in [0.25, 0.3) is 11.5 Å². The third-order valence-electron chi connectivity index (χ3n) is 4.15. The Morgan fingerprint density at radius 1 is 1.22 bits per heavy atom. The Morgan fingerprint density at radius 2 is 1.87 bits per heavy atom. The van der Waals surface area contributed by atoms with Gasteiger partial charge in [0.05, 0.1) is 5.54 Å². The van der Waals surface area contributed by atoms with Crippen molar-refractivity contribution in [2.75, 3.05) is 33.7 Å². The first-order valence-electron chi connectivity index (χ1n) is 7.59. The highest BCUT2D eigenvalue weighted by Gasteiger charge is 2.39. The number of hydrogen-bond acceptors (Lipinski definition) is 3. The number of rotatable bonds is 1. The molecule has 1 fully saturated rings. The van der Waals surface area contributed by atoms with E-state index in [9.17, 15) is 14.4 Å². The highest BCUT2D eigenvalue weighted by atomic mass is 16.2. The highest BCUT2D eigenvalue weighted by Crippen LogP contribution is 2.23. The Balaban J connectivity index is 2.25. The zero-order chi connectivity index (χ0) is 17.4. The van der Waals surface area contributed by atoms with E-state index in [1.807, 2.05) is 13.8 Å². The van der Waals surface area contributed by atoms with E-state index in [4.69, 9.17) is 0 Å². The third kappa shape index (κ3) is 3.23. The minimum absolute atomic E-state index is 0.0687. The molecule has 0 spiro atoms. The molecule has 2 heterocycles. The summed E-state index contributed by atoms with van der Waals surface area (Å²) in [4.78, 5) is 42.0. The van der Waals surface area contributed by atoms with Crippen LogP contribution in [0.15, 0.2) is 23.1 Å². The van der Waals surface area contributed by atoms with E-state index >= 15 is 0 Å². The molecule has 2 rings (SSSR count). The number of amides is 3. The standard InChI is InChI=1S/C16H24N4O3/c1-16(2)11-19(15(23)17(3)4)9-10-20(16)14(22)12-7-6-8-18(5)13(12)21/h6-8H,9-11H2,1-5H3. The van der Waals surface area contributed by atoms with E-state index in [-0.39, 0.29) is 23.1 Å². The number of carbonyl (C=O) groups is 2. The molecule has 0 radical (unpaired) electrons. The minimum atomic E-state index is -0.540. The van der Waals surface area contributed by atoms with Crippen molar-refractivity contribution in [3.05, 3.63) is 34.2 Å². The maximum Gasteiger partial charge on any atom is 0.319 e. The van der Waals surface area contributed by atoms with Gasteiger partial charge in [-0.3, -0.25) is 9.59 Å². The zero-order valence-corrected chi connectivity index (χ0v) is 14.4. The van der Waals surface area contributed by atoms with Crippen LogP contribution in [0.4, 0.5) is 4.79 Å². The van der Waals surface area contributed by atoms with Gasteiger partial charge in [-0.1, -0.05) is 0 Å². The van der Waals surface area contributed by atoms with Crippen molar-refractivity contribution >= 4 is 11.9 Å². The summed E-state index contributed by atoms with van der Waals surface area (Å²) in [6, 6.07) is 3.17. The molecule has 1 aromatic heterocycles. The largest absolute Gasteiger partial charge is 0.331 e. The van der Waals surface area contributed by atoms with Crippen molar-refractivity contribution in [3.8, 4) is 0 Å². The van der Waals surface area contributed by atoms with Crippen molar-refractivity contribution in [3.63, 3.8) is 0 Å². The molecule has 126 valence electrons. The molecule has 1 aliphatic rings. The zero-order valence-electron chi connectivity index (χ0n) is 14.4. The number of urea groups is 1. The second kappa shape index (κ2) is 6.06. The van der Waals surface area contributed by atoms with Crippen LogP contribution in [0.25, 0.3) is 0 Å². The number of aryl methyl sites for hydroxylation is 1. The van der Waals surface area contributed by atoms with E-state index in [1.165, 1.54) is 9.47 Å². The van der Waals surface area contributed by atoms with Crippen LogP contribution in [0.5, 0.6) is 0 Å². The first-order valence-corrected chi connectivity index (χ1v) is 7.59. The van der Waals surface area contributed by atoms with Gasteiger partial charge in [0, 0.05) is 47.0 Å². The maximum atomic E-state index is 12.8. The van der Waals surface area contributed by atoms with Gasteiger partial charge < -0.3 is 19.3 Å². The van der Waals surface area contributed by atoms with Crippen LogP contribution >= 0.6 is 0 Å². The summed E-state index contributed by atoms with van der Waals surface area (Å²) < 4.78 is 1.39. The van der Waals surface area contributed by atoms with Gasteiger partial charge in [0.2, 0.25) is 0 Å². The molecule has 0 bridgehead atoms. The van der Waals surface area contributed by atoms with Gasteiger partial charge in [-0.15, -0.1) is 0 Å². The predicted molar refractivity (Wildman–Crippen MR) is 87.5 cm³/mol. The lowest BCUT2D eigenvalue weighted by molar-refractivity contribution is 0.0239. The monoisotopic (exact) mass is 320 g/mol. The second-order valence-corrected chi connectivity index (χ2v) is 6.71. The maximum absolute atomic E-state index is 12.8. The fraction of sp³-hybridized carbons (Fsp3) is 0.562. The number of nitrogens with zero attached hydrogens (tertiary/aromatic N) is 4. The summed E-state index contributed by atoms with van der Waals surface area (Å²) in [6.07, 6.45) is 1.62. The Labute approximate surface area is 136 Å². The predicted octanol–water partition coefficient (Wildman–Crippen LogP) is 0.603. The molecular weight excluding hydrogens is 296 g/mol. The fourth-order valence-electron chi connectivity index (χ4n) is 2.88. The number of piperazine rings is 1. The summed E-state index contributed by atoms with van der Waals surface area (Å²) in [6.45, 7) is 5.12. The molecule has 7 nitrogen and oxygen atoms in total. The van der Waals surface area contributed by atoms with E-state index in [1.54, 1.807) is 49.3 Å². The van der Waals surface area contributed by atoms with E-state index < -0.39 is 5.54 Å². The quantitative estimate of drug-likeness (QED) is 0.761. The summed E-state index contributed by atoms with van der Waals surface area (Å²) >= 11 is 0. The number of aromatic nitrogens is 1. The lowest BCUT2D eigenvalue weighted by Gasteiger charge is -2.47. The fourth-order valence-corrected chi connectivity index (χ4v) is 2.88. The molecule has 1 aromatic rings. The number of hydrogen-bond donors (Lipinski definition) is 0. The SMILES string of the molecule is CN(C)C(=O)N1CCN(C(=O)c2cccn(C)c2=O)C(C)(C)C1. The minimum Gasteiger partial charge on any atom is -0.331 e. The summed E-state index contributed by atoms with van der Waals surface area (Å²) in [5.41, 5.74) is -0.683. The lowest BCUT2D eigenvalue weighted by Crippen LogP contribution is -2.63. The van der Waals surface area contributed by atoms with E-state index in [0.29, 0.717) is 19.6 Å². The second-order valence-electron chi connectivity index (χ2n) is 6.71. The molecule has 0 aromatic carbocycles. The summed E-state index contributed by atoms with van der Waals surface area (Å²) in [7, 11) is 5.04. The van der Waals surface area contributed by atoms with E-state index in [2.05, 4.69) is 0 Å². The van der Waals surface area contributed by atoms with Crippen LogP contribution in [-0.4, -0.2) is 70.5 Å². The number of pyridine rings is 1. The van der Waals surface area contributed by atoms with E-state index in [0.717, 1.165) is 0 Å². The van der Waals surface area contributed by atoms with Gasteiger partial charge >= 0.3 is 6.03 Å². The van der Waals surface area contributed by atoms with Crippen molar-refractivity contribution < 1.29 is 9.59 Å². The Bertz CT molecular complexity index is 678. The molecule has 3 amide bonds. The molecule has 23 heavy (non-hydrogen) atoms. The number of carbonyl (C=O) groups excluding carboxylic acids is 2.